The molecule has 1 aliphatic heterocycles. The van der Waals surface area contributed by atoms with Crippen molar-refractivity contribution in [3.05, 3.63) is 77.4 Å². The van der Waals surface area contributed by atoms with E-state index in [1.54, 1.807) is 0 Å². The minimum absolute atomic E-state index is 0.531. The van der Waals surface area contributed by atoms with E-state index < -0.39 is 0 Å². The standard InChI is InChI=1S/C30H32O/c1-5-7-20(6-2)22-10-11-23-15-28-27(14-25(23)13-22)18-31-30-17-26-12-21(19(3)4)8-9-24(26)16-29(28)30/h8-17,19-20H,5-7,18H2,1-4H3. The molecule has 4 aromatic carbocycles. The van der Waals surface area contributed by atoms with Crippen LogP contribution in [0.2, 0.25) is 0 Å². The molecule has 0 amide bonds. The van der Waals surface area contributed by atoms with Gasteiger partial charge in [-0.2, -0.15) is 0 Å². The second kappa shape index (κ2) is 8.04. The fourth-order valence-corrected chi connectivity index (χ4v) is 5.08. The van der Waals surface area contributed by atoms with Crippen LogP contribution in [-0.4, -0.2) is 0 Å². The lowest BCUT2D eigenvalue weighted by atomic mass is 9.88. The second-order valence-corrected chi connectivity index (χ2v) is 9.41. The number of benzene rings is 4. The average molecular weight is 409 g/mol. The van der Waals surface area contributed by atoms with Gasteiger partial charge >= 0.3 is 0 Å². The first kappa shape index (κ1) is 20.1. The molecule has 158 valence electrons. The van der Waals surface area contributed by atoms with Gasteiger partial charge in [-0.3, -0.25) is 0 Å². The predicted octanol–water partition coefficient (Wildman–Crippen LogP) is 8.97. The molecule has 5 rings (SSSR count). The van der Waals surface area contributed by atoms with Gasteiger partial charge in [-0.1, -0.05) is 70.5 Å². The van der Waals surface area contributed by atoms with E-state index in [2.05, 4.69) is 88.4 Å². The van der Waals surface area contributed by atoms with Gasteiger partial charge in [0.15, 0.2) is 0 Å². The van der Waals surface area contributed by atoms with E-state index in [9.17, 15) is 0 Å². The maximum absolute atomic E-state index is 6.24. The highest BCUT2D eigenvalue weighted by molar-refractivity contribution is 5.96. The van der Waals surface area contributed by atoms with Crippen molar-refractivity contribution >= 4 is 21.5 Å². The topological polar surface area (TPSA) is 9.23 Å². The van der Waals surface area contributed by atoms with E-state index in [4.69, 9.17) is 4.74 Å². The fourth-order valence-electron chi connectivity index (χ4n) is 5.08. The van der Waals surface area contributed by atoms with Crippen LogP contribution < -0.4 is 4.74 Å². The third-order valence-electron chi connectivity index (χ3n) is 6.99. The highest BCUT2D eigenvalue weighted by atomic mass is 16.5. The zero-order valence-corrected chi connectivity index (χ0v) is 19.2. The number of fused-ring (bicyclic) bond motifs is 5. The maximum atomic E-state index is 6.24. The Kier molecular flexibility index (Phi) is 5.22. The Morgan fingerprint density at radius 1 is 0.742 bits per heavy atom. The monoisotopic (exact) mass is 408 g/mol. The molecule has 0 saturated carbocycles. The molecule has 1 atom stereocenters. The molecule has 1 aliphatic rings. The number of rotatable bonds is 5. The molecular weight excluding hydrogens is 376 g/mol. The van der Waals surface area contributed by atoms with E-state index in [1.807, 2.05) is 0 Å². The van der Waals surface area contributed by atoms with Crippen molar-refractivity contribution in [1.82, 2.24) is 0 Å². The van der Waals surface area contributed by atoms with Gasteiger partial charge in [0, 0.05) is 5.56 Å². The first-order valence-corrected chi connectivity index (χ1v) is 11.8. The molecule has 0 radical (unpaired) electrons. The molecule has 0 N–H and O–H groups in total. The molecule has 4 aromatic rings. The summed E-state index contributed by atoms with van der Waals surface area (Å²) in [5.74, 6) is 2.19. The number of hydrogen-bond donors (Lipinski definition) is 0. The molecule has 31 heavy (non-hydrogen) atoms. The lowest BCUT2D eigenvalue weighted by Gasteiger charge is -2.23. The molecule has 0 aromatic heterocycles. The summed E-state index contributed by atoms with van der Waals surface area (Å²) in [6.07, 6.45) is 3.69. The van der Waals surface area contributed by atoms with E-state index in [-0.39, 0.29) is 0 Å². The van der Waals surface area contributed by atoms with Crippen molar-refractivity contribution in [1.29, 1.82) is 0 Å². The van der Waals surface area contributed by atoms with Gasteiger partial charge in [0.05, 0.1) is 0 Å². The van der Waals surface area contributed by atoms with E-state index in [0.29, 0.717) is 18.4 Å². The van der Waals surface area contributed by atoms with Crippen molar-refractivity contribution in [3.63, 3.8) is 0 Å². The summed E-state index contributed by atoms with van der Waals surface area (Å²) in [5.41, 5.74) is 6.67. The summed E-state index contributed by atoms with van der Waals surface area (Å²) in [4.78, 5) is 0. The summed E-state index contributed by atoms with van der Waals surface area (Å²) in [6.45, 7) is 9.71. The normalized spacial score (nSPS) is 13.8. The molecule has 0 bridgehead atoms. The molecule has 0 saturated heterocycles. The van der Waals surface area contributed by atoms with Gasteiger partial charge in [0.25, 0.3) is 0 Å². The van der Waals surface area contributed by atoms with Crippen LogP contribution in [0.15, 0.2) is 60.7 Å². The van der Waals surface area contributed by atoms with Crippen molar-refractivity contribution in [2.75, 3.05) is 0 Å². The third-order valence-corrected chi connectivity index (χ3v) is 6.99. The number of ether oxygens (including phenoxy) is 1. The summed E-state index contributed by atoms with van der Waals surface area (Å²) in [5, 5.41) is 5.19. The summed E-state index contributed by atoms with van der Waals surface area (Å²) >= 11 is 0. The van der Waals surface area contributed by atoms with Gasteiger partial charge in [-0.25, -0.2) is 0 Å². The Morgan fingerprint density at radius 2 is 1.42 bits per heavy atom. The molecule has 1 nitrogen and oxygen atoms in total. The van der Waals surface area contributed by atoms with Crippen LogP contribution in [0.3, 0.4) is 0 Å². The van der Waals surface area contributed by atoms with Crippen LogP contribution in [0.1, 0.15) is 75.5 Å². The Morgan fingerprint density at radius 3 is 2.13 bits per heavy atom. The van der Waals surface area contributed by atoms with Gasteiger partial charge < -0.3 is 4.74 Å². The van der Waals surface area contributed by atoms with Crippen LogP contribution in [0.5, 0.6) is 5.75 Å². The largest absolute Gasteiger partial charge is 0.488 e. The smallest absolute Gasteiger partial charge is 0.128 e. The lowest BCUT2D eigenvalue weighted by molar-refractivity contribution is 0.303. The fraction of sp³-hybridized carbons (Fsp3) is 0.333. The minimum Gasteiger partial charge on any atom is -0.488 e. The van der Waals surface area contributed by atoms with Crippen molar-refractivity contribution in [3.8, 4) is 16.9 Å². The number of hydrogen-bond acceptors (Lipinski definition) is 1. The lowest BCUT2D eigenvalue weighted by Crippen LogP contribution is -2.06. The van der Waals surface area contributed by atoms with Crippen molar-refractivity contribution < 1.29 is 4.74 Å². The van der Waals surface area contributed by atoms with Gasteiger partial charge in [0.1, 0.15) is 12.4 Å². The summed E-state index contributed by atoms with van der Waals surface area (Å²) < 4.78 is 6.24. The molecule has 1 heterocycles. The first-order chi connectivity index (χ1) is 15.1. The van der Waals surface area contributed by atoms with E-state index in [0.717, 1.165) is 5.75 Å². The zero-order chi connectivity index (χ0) is 21.5. The van der Waals surface area contributed by atoms with Gasteiger partial charge in [-0.05, 0) is 92.7 Å². The third kappa shape index (κ3) is 3.61. The van der Waals surface area contributed by atoms with E-state index in [1.165, 1.54) is 68.6 Å². The quantitative estimate of drug-likeness (QED) is 0.320. The second-order valence-electron chi connectivity index (χ2n) is 9.41. The SMILES string of the molecule is CCCC(CC)c1ccc2cc3c(cc2c1)COc1cc2cc(C(C)C)ccc2cc1-3. The molecule has 0 aliphatic carbocycles. The highest BCUT2D eigenvalue weighted by Gasteiger charge is 2.20. The predicted molar refractivity (Wildman–Crippen MR) is 133 cm³/mol. The zero-order valence-electron chi connectivity index (χ0n) is 19.2. The summed E-state index contributed by atoms with van der Waals surface area (Å²) in [6, 6.07) is 23.1. The first-order valence-electron chi connectivity index (χ1n) is 11.8. The van der Waals surface area contributed by atoms with Crippen molar-refractivity contribution in [2.45, 2.75) is 65.4 Å². The van der Waals surface area contributed by atoms with Crippen molar-refractivity contribution in [2.24, 2.45) is 0 Å². The van der Waals surface area contributed by atoms with Gasteiger partial charge in [-0.15, -0.1) is 0 Å². The molecular formula is C30H32O. The highest BCUT2D eigenvalue weighted by Crippen LogP contribution is 2.42. The average Bonchev–Trinajstić information content (AvgIpc) is 2.79. The van der Waals surface area contributed by atoms with Crippen LogP contribution in [0.25, 0.3) is 32.7 Å². The molecule has 0 spiro atoms. The summed E-state index contributed by atoms with van der Waals surface area (Å²) in [7, 11) is 0. The Labute approximate surface area is 186 Å². The maximum Gasteiger partial charge on any atom is 0.128 e. The molecule has 1 heteroatoms. The minimum atomic E-state index is 0.531. The molecule has 1 unspecified atom stereocenters. The Hall–Kier alpha value is -2.80. The molecule has 0 fully saturated rings. The Balaban J connectivity index is 1.61. The van der Waals surface area contributed by atoms with Gasteiger partial charge in [0.2, 0.25) is 0 Å². The van der Waals surface area contributed by atoms with Crippen LogP contribution >= 0.6 is 0 Å². The van der Waals surface area contributed by atoms with Crippen LogP contribution in [-0.2, 0) is 6.61 Å². The van der Waals surface area contributed by atoms with E-state index >= 15 is 0 Å². The van der Waals surface area contributed by atoms with Crippen LogP contribution in [0.4, 0.5) is 0 Å². The van der Waals surface area contributed by atoms with Crippen LogP contribution in [0, 0.1) is 0 Å². The Bertz CT molecular complexity index is 1260.